The molecule has 3 heterocycles. The molecule has 0 amide bonds. The second-order valence-corrected chi connectivity index (χ2v) is 9.96. The van der Waals surface area contributed by atoms with Crippen LogP contribution < -0.4 is 19.1 Å². The molecule has 5 rings (SSSR count). The zero-order valence-corrected chi connectivity index (χ0v) is 20.1. The van der Waals surface area contributed by atoms with Crippen molar-refractivity contribution in [3.8, 4) is 11.6 Å². The summed E-state index contributed by atoms with van der Waals surface area (Å²) in [5, 5.41) is 0.361. The molecule has 0 spiro atoms. The summed E-state index contributed by atoms with van der Waals surface area (Å²) in [6.07, 6.45) is 4.77. The summed E-state index contributed by atoms with van der Waals surface area (Å²) in [5.74, 6) is 1.14. The van der Waals surface area contributed by atoms with E-state index in [1.165, 1.54) is 12.3 Å². The van der Waals surface area contributed by atoms with Crippen LogP contribution in [0.5, 0.6) is 11.6 Å². The van der Waals surface area contributed by atoms with Gasteiger partial charge in [0.05, 0.1) is 23.3 Å². The van der Waals surface area contributed by atoms with E-state index in [2.05, 4.69) is 19.6 Å². The van der Waals surface area contributed by atoms with E-state index in [9.17, 15) is 8.42 Å². The highest BCUT2D eigenvalue weighted by molar-refractivity contribution is 7.92. The van der Waals surface area contributed by atoms with Gasteiger partial charge in [-0.15, -0.1) is 0 Å². The summed E-state index contributed by atoms with van der Waals surface area (Å²) in [5.41, 5.74) is 2.77. The SMILES string of the molecule is Cc1c(Cl)cccc1S(=O)(=O)Nc1nc2cnccn2c1OCc1ccc2c(c1)N(C)CCO2. The molecule has 0 unspecified atom stereocenters. The third kappa shape index (κ3) is 4.10. The molecule has 176 valence electrons. The molecule has 2 aromatic heterocycles. The van der Waals surface area contributed by atoms with Crippen LogP contribution in [-0.4, -0.2) is 43.0 Å². The molecule has 1 aliphatic heterocycles. The van der Waals surface area contributed by atoms with Gasteiger partial charge in [-0.1, -0.05) is 23.7 Å². The number of benzene rings is 2. The van der Waals surface area contributed by atoms with Crippen LogP contribution in [0.4, 0.5) is 11.5 Å². The highest BCUT2D eigenvalue weighted by Crippen LogP contribution is 2.33. The average Bonchev–Trinajstić information content (AvgIpc) is 3.16. The van der Waals surface area contributed by atoms with Crippen molar-refractivity contribution in [1.82, 2.24) is 14.4 Å². The first kappa shape index (κ1) is 22.3. The lowest BCUT2D eigenvalue weighted by Gasteiger charge is -2.28. The minimum atomic E-state index is -3.97. The lowest BCUT2D eigenvalue weighted by Crippen LogP contribution is -2.28. The van der Waals surface area contributed by atoms with Gasteiger partial charge in [-0.05, 0) is 42.3 Å². The number of aromatic nitrogens is 3. The normalized spacial score (nSPS) is 13.4. The van der Waals surface area contributed by atoms with Gasteiger partial charge in [0.1, 0.15) is 19.0 Å². The number of sulfonamides is 1. The van der Waals surface area contributed by atoms with Crippen LogP contribution in [0.2, 0.25) is 5.02 Å². The quantitative estimate of drug-likeness (QED) is 0.429. The maximum Gasteiger partial charge on any atom is 0.263 e. The fourth-order valence-corrected chi connectivity index (χ4v) is 5.29. The maximum absolute atomic E-state index is 13.2. The lowest BCUT2D eigenvalue weighted by atomic mass is 10.1. The van der Waals surface area contributed by atoms with Crippen molar-refractivity contribution in [2.45, 2.75) is 18.4 Å². The Hall–Kier alpha value is -3.50. The number of halogens is 1. The van der Waals surface area contributed by atoms with E-state index in [1.807, 2.05) is 25.2 Å². The Balaban J connectivity index is 1.47. The molecule has 1 aliphatic rings. The Kier molecular flexibility index (Phi) is 5.70. The smallest absolute Gasteiger partial charge is 0.263 e. The van der Waals surface area contributed by atoms with Crippen LogP contribution in [-0.2, 0) is 16.6 Å². The number of anilines is 2. The third-order valence-electron chi connectivity index (χ3n) is 5.62. The average molecular weight is 500 g/mol. The topological polar surface area (TPSA) is 98.1 Å². The Morgan fingerprint density at radius 2 is 2.12 bits per heavy atom. The number of hydrogen-bond acceptors (Lipinski definition) is 7. The molecule has 11 heteroatoms. The van der Waals surface area contributed by atoms with Gasteiger partial charge in [0.25, 0.3) is 10.0 Å². The number of fused-ring (bicyclic) bond motifs is 2. The summed E-state index contributed by atoms with van der Waals surface area (Å²) in [6.45, 7) is 3.29. The number of hydrogen-bond donors (Lipinski definition) is 1. The first-order valence-corrected chi connectivity index (χ1v) is 12.4. The highest BCUT2D eigenvalue weighted by Gasteiger charge is 2.24. The van der Waals surface area contributed by atoms with E-state index in [4.69, 9.17) is 21.1 Å². The van der Waals surface area contributed by atoms with Crippen molar-refractivity contribution in [2.75, 3.05) is 29.8 Å². The zero-order valence-electron chi connectivity index (χ0n) is 18.5. The Labute approximate surface area is 202 Å². The van der Waals surface area contributed by atoms with Crippen LogP contribution in [0.3, 0.4) is 0 Å². The van der Waals surface area contributed by atoms with E-state index in [1.54, 1.807) is 35.9 Å². The van der Waals surface area contributed by atoms with Crippen molar-refractivity contribution >= 4 is 38.8 Å². The standard InChI is InChI=1S/C23H22ClN5O4S/c1-15-17(24)4-3-5-20(15)34(30,31)27-22-23(29-9-8-25-13-21(29)26-22)33-14-16-6-7-19-18(12-16)28(2)10-11-32-19/h3-9,12-13,27H,10-11,14H2,1-2H3. The van der Waals surface area contributed by atoms with Crippen LogP contribution in [0.15, 0.2) is 59.9 Å². The predicted octanol–water partition coefficient (Wildman–Crippen LogP) is 3.90. The lowest BCUT2D eigenvalue weighted by molar-refractivity contribution is 0.291. The van der Waals surface area contributed by atoms with Gasteiger partial charge in [0, 0.05) is 24.5 Å². The van der Waals surface area contributed by atoms with Crippen molar-refractivity contribution in [3.63, 3.8) is 0 Å². The van der Waals surface area contributed by atoms with Gasteiger partial charge < -0.3 is 14.4 Å². The van der Waals surface area contributed by atoms with E-state index in [0.29, 0.717) is 22.8 Å². The molecule has 1 N–H and O–H groups in total. The molecule has 0 bridgehead atoms. The summed E-state index contributed by atoms with van der Waals surface area (Å²) in [7, 11) is -1.96. The number of rotatable bonds is 6. The first-order valence-electron chi connectivity index (χ1n) is 10.5. The zero-order chi connectivity index (χ0) is 23.9. The van der Waals surface area contributed by atoms with E-state index in [-0.39, 0.29) is 23.2 Å². The summed E-state index contributed by atoms with van der Waals surface area (Å²) in [4.78, 5) is 10.7. The van der Waals surface area contributed by atoms with Crippen LogP contribution in [0, 0.1) is 6.92 Å². The number of nitrogens with zero attached hydrogens (tertiary/aromatic N) is 4. The summed E-state index contributed by atoms with van der Waals surface area (Å²) >= 11 is 6.14. The first-order chi connectivity index (χ1) is 16.3. The highest BCUT2D eigenvalue weighted by atomic mass is 35.5. The number of nitrogens with one attached hydrogen (secondary N) is 1. The van der Waals surface area contributed by atoms with Gasteiger partial charge in [-0.25, -0.2) is 13.4 Å². The fourth-order valence-electron chi connectivity index (χ4n) is 3.79. The molecule has 34 heavy (non-hydrogen) atoms. The minimum Gasteiger partial charge on any atom is -0.490 e. The van der Waals surface area contributed by atoms with Crippen LogP contribution >= 0.6 is 11.6 Å². The molecule has 0 atom stereocenters. The monoisotopic (exact) mass is 499 g/mol. The van der Waals surface area contributed by atoms with Gasteiger partial charge in [-0.3, -0.25) is 14.1 Å². The van der Waals surface area contributed by atoms with Crippen LogP contribution in [0.1, 0.15) is 11.1 Å². The molecular weight excluding hydrogens is 478 g/mol. The summed E-state index contributed by atoms with van der Waals surface area (Å²) in [6, 6.07) is 10.6. The fraction of sp³-hybridized carbons (Fsp3) is 0.217. The van der Waals surface area contributed by atoms with E-state index >= 15 is 0 Å². The molecule has 2 aromatic carbocycles. The van der Waals surface area contributed by atoms with Gasteiger partial charge in [0.2, 0.25) is 11.7 Å². The molecule has 0 fully saturated rings. The molecule has 0 aliphatic carbocycles. The molecule has 0 radical (unpaired) electrons. The van der Waals surface area contributed by atoms with Crippen molar-refractivity contribution in [3.05, 3.63) is 71.1 Å². The molecule has 4 aromatic rings. The van der Waals surface area contributed by atoms with Gasteiger partial charge >= 0.3 is 0 Å². The maximum atomic E-state index is 13.2. The van der Waals surface area contributed by atoms with E-state index < -0.39 is 10.0 Å². The number of likely N-dealkylation sites (N-methyl/N-ethyl adjacent to an activating group) is 1. The number of ether oxygens (including phenoxy) is 2. The Bertz CT molecular complexity index is 1490. The van der Waals surface area contributed by atoms with Crippen molar-refractivity contribution in [1.29, 1.82) is 0 Å². The van der Waals surface area contributed by atoms with E-state index in [0.717, 1.165) is 23.5 Å². The van der Waals surface area contributed by atoms with Crippen molar-refractivity contribution in [2.24, 2.45) is 0 Å². The van der Waals surface area contributed by atoms with Gasteiger partial charge in [0.15, 0.2) is 5.65 Å². The molecule has 0 saturated carbocycles. The number of imidazole rings is 1. The minimum absolute atomic E-state index is 0.0609. The van der Waals surface area contributed by atoms with Crippen molar-refractivity contribution < 1.29 is 17.9 Å². The predicted molar refractivity (Wildman–Crippen MR) is 130 cm³/mol. The van der Waals surface area contributed by atoms with Gasteiger partial charge in [-0.2, -0.15) is 0 Å². The van der Waals surface area contributed by atoms with Crippen LogP contribution in [0.25, 0.3) is 5.65 Å². The molecule has 0 saturated heterocycles. The third-order valence-corrected chi connectivity index (χ3v) is 7.51. The largest absolute Gasteiger partial charge is 0.490 e. The second kappa shape index (κ2) is 8.69. The molecular formula is C23H22ClN5O4S. The summed E-state index contributed by atoms with van der Waals surface area (Å²) < 4.78 is 42.3. The molecule has 9 nitrogen and oxygen atoms in total. The second-order valence-electron chi connectivity index (χ2n) is 7.90. The Morgan fingerprint density at radius 1 is 1.26 bits per heavy atom. The Morgan fingerprint density at radius 3 is 2.97 bits per heavy atom.